The van der Waals surface area contributed by atoms with Gasteiger partial charge in [0.1, 0.15) is 6.61 Å². The second-order valence-corrected chi connectivity index (χ2v) is 11.8. The Bertz CT molecular complexity index is 1140. The summed E-state index contributed by atoms with van der Waals surface area (Å²) in [7, 11) is 0. The van der Waals surface area contributed by atoms with Crippen molar-refractivity contribution in [3.63, 3.8) is 0 Å². The van der Waals surface area contributed by atoms with E-state index in [2.05, 4.69) is 13.8 Å². The summed E-state index contributed by atoms with van der Waals surface area (Å²) in [6.45, 7) is 13.4. The van der Waals surface area contributed by atoms with Crippen molar-refractivity contribution in [1.29, 1.82) is 0 Å². The standard InChI is InChI=1S/C29H38O8/c1-9-14(2)26(33)37-24-15(3)12-28-16(4)10-21-22(27(21,7)8)20(23(28)32)11-19(13-35-17(5)30)25(29(24,28)34)36-18(6)31/h9,11-12,16,20-22,24-25,34H,10,13H2,1-8H3/b14-9-/t16-,20-,21-,22+,24+,25-,28+,29-/m1/s1. The zero-order valence-corrected chi connectivity index (χ0v) is 22.9. The molecule has 8 heteroatoms. The van der Waals surface area contributed by atoms with Gasteiger partial charge in [0.2, 0.25) is 0 Å². The Morgan fingerprint density at radius 2 is 1.76 bits per heavy atom. The Morgan fingerprint density at radius 3 is 2.32 bits per heavy atom. The number of ketones is 1. The topological polar surface area (TPSA) is 116 Å². The van der Waals surface area contributed by atoms with Gasteiger partial charge in [-0.15, -0.1) is 0 Å². The van der Waals surface area contributed by atoms with Gasteiger partial charge in [0.25, 0.3) is 0 Å². The third-order valence-electron chi connectivity index (χ3n) is 9.39. The molecule has 0 aromatic carbocycles. The van der Waals surface area contributed by atoms with E-state index in [-0.39, 0.29) is 35.6 Å². The molecule has 0 radical (unpaired) electrons. The van der Waals surface area contributed by atoms with Gasteiger partial charge in [0, 0.05) is 30.9 Å². The Labute approximate surface area is 218 Å². The van der Waals surface area contributed by atoms with Crippen molar-refractivity contribution in [2.24, 2.45) is 34.5 Å². The van der Waals surface area contributed by atoms with Gasteiger partial charge in [-0.2, -0.15) is 0 Å². The lowest BCUT2D eigenvalue weighted by molar-refractivity contribution is -0.211. The fourth-order valence-electron chi connectivity index (χ4n) is 7.39. The second-order valence-electron chi connectivity index (χ2n) is 11.8. The Balaban J connectivity index is 1.98. The predicted octanol–water partition coefficient (Wildman–Crippen LogP) is 3.47. The van der Waals surface area contributed by atoms with Crippen LogP contribution in [0.3, 0.4) is 0 Å². The number of hydrogen-bond acceptors (Lipinski definition) is 8. The van der Waals surface area contributed by atoms with Gasteiger partial charge in [-0.1, -0.05) is 39.0 Å². The monoisotopic (exact) mass is 514 g/mol. The second kappa shape index (κ2) is 8.93. The Hall–Kier alpha value is -2.74. The smallest absolute Gasteiger partial charge is 0.334 e. The third kappa shape index (κ3) is 3.82. The van der Waals surface area contributed by atoms with Gasteiger partial charge in [-0.3, -0.25) is 14.4 Å². The number of allylic oxidation sites excluding steroid dienone is 2. The van der Waals surface area contributed by atoms with Crippen molar-refractivity contribution in [1.82, 2.24) is 0 Å². The average Bonchev–Trinajstić information content (AvgIpc) is 3.30. The fraction of sp³-hybridized carbons (Fsp3) is 0.655. The molecule has 4 aliphatic rings. The number of rotatable bonds is 5. The minimum absolute atomic E-state index is 0.0232. The van der Waals surface area contributed by atoms with Crippen molar-refractivity contribution in [2.75, 3.05) is 6.61 Å². The van der Waals surface area contributed by atoms with Crippen LogP contribution in [0.15, 0.2) is 34.9 Å². The summed E-state index contributed by atoms with van der Waals surface area (Å²) in [6, 6.07) is 0. The molecule has 0 amide bonds. The van der Waals surface area contributed by atoms with E-state index in [1.165, 1.54) is 13.8 Å². The highest BCUT2D eigenvalue weighted by atomic mass is 16.6. The molecule has 0 aromatic rings. The highest BCUT2D eigenvalue weighted by Gasteiger charge is 2.77. The van der Waals surface area contributed by atoms with Crippen LogP contribution in [0.2, 0.25) is 0 Å². The van der Waals surface area contributed by atoms with Crippen LogP contribution in [0.5, 0.6) is 0 Å². The van der Waals surface area contributed by atoms with Crippen molar-refractivity contribution >= 4 is 23.7 Å². The number of Topliss-reactive ketones (excluding diaryl/α,β-unsaturated/α-hetero) is 1. The van der Waals surface area contributed by atoms with Crippen molar-refractivity contribution < 1.29 is 38.5 Å². The molecule has 0 saturated heterocycles. The SMILES string of the molecule is C/C=C(/C)C(=O)O[C@H]1C(C)=C[C@]23C(=O)[C@H](C=C(COC(C)=O)[C@@H](OC(C)=O)[C@]12O)[C@H]1[C@@H](C[C@H]3C)C1(C)C. The summed E-state index contributed by atoms with van der Waals surface area (Å²) in [4.78, 5) is 51.8. The maximum atomic E-state index is 14.6. The van der Waals surface area contributed by atoms with Crippen LogP contribution in [0.25, 0.3) is 0 Å². The van der Waals surface area contributed by atoms with Gasteiger partial charge >= 0.3 is 17.9 Å². The summed E-state index contributed by atoms with van der Waals surface area (Å²) < 4.78 is 17.0. The van der Waals surface area contributed by atoms with Crippen molar-refractivity contribution in [2.45, 2.75) is 79.6 Å². The third-order valence-corrected chi connectivity index (χ3v) is 9.39. The quantitative estimate of drug-likeness (QED) is 0.257. The molecule has 1 spiro atoms. The average molecular weight is 515 g/mol. The molecule has 8 nitrogen and oxygen atoms in total. The molecule has 2 fully saturated rings. The summed E-state index contributed by atoms with van der Waals surface area (Å²) in [5.41, 5.74) is -2.54. The molecule has 0 aromatic heterocycles. The highest BCUT2D eigenvalue weighted by Crippen LogP contribution is 2.72. The molecule has 2 bridgehead atoms. The molecule has 4 rings (SSSR count). The van der Waals surface area contributed by atoms with Gasteiger partial charge < -0.3 is 19.3 Å². The van der Waals surface area contributed by atoms with Crippen LogP contribution in [0.1, 0.15) is 61.8 Å². The molecule has 1 N–H and O–H groups in total. The molecule has 8 atom stereocenters. The lowest BCUT2D eigenvalue weighted by Crippen LogP contribution is -2.66. The normalized spacial score (nSPS) is 39.7. The number of fused-ring (bicyclic) bond motifs is 3. The van der Waals surface area contributed by atoms with E-state index in [1.54, 1.807) is 39.0 Å². The Kier molecular flexibility index (Phi) is 6.59. The lowest BCUT2D eigenvalue weighted by Gasteiger charge is -2.49. The number of carbonyl (C=O) groups excluding carboxylic acids is 4. The zero-order chi connectivity index (χ0) is 27.7. The summed E-state index contributed by atoms with van der Waals surface area (Å²) in [5.74, 6) is -2.71. The largest absolute Gasteiger partial charge is 0.461 e. The number of esters is 3. The maximum absolute atomic E-state index is 14.6. The van der Waals surface area contributed by atoms with Crippen LogP contribution in [0, 0.1) is 34.5 Å². The molecule has 202 valence electrons. The molecule has 0 aliphatic heterocycles. The summed E-state index contributed by atoms with van der Waals surface area (Å²) in [5, 5.41) is 12.8. The minimum Gasteiger partial charge on any atom is -0.461 e. The van der Waals surface area contributed by atoms with Gasteiger partial charge in [0.05, 0.1) is 5.41 Å². The van der Waals surface area contributed by atoms with Gasteiger partial charge in [-0.05, 0) is 55.9 Å². The van der Waals surface area contributed by atoms with Crippen LogP contribution in [-0.4, -0.2) is 53.2 Å². The lowest BCUT2D eigenvalue weighted by atomic mass is 9.59. The highest BCUT2D eigenvalue weighted by molar-refractivity contribution is 5.96. The van der Waals surface area contributed by atoms with E-state index in [4.69, 9.17) is 14.2 Å². The minimum atomic E-state index is -2.13. The summed E-state index contributed by atoms with van der Waals surface area (Å²) in [6.07, 6.45) is 3.13. The molecule has 37 heavy (non-hydrogen) atoms. The van der Waals surface area contributed by atoms with Crippen molar-refractivity contribution in [3.05, 3.63) is 34.9 Å². The first-order valence-corrected chi connectivity index (χ1v) is 13.0. The van der Waals surface area contributed by atoms with E-state index < -0.39 is 47.0 Å². The Morgan fingerprint density at radius 1 is 1.11 bits per heavy atom. The molecule has 0 unspecified atom stereocenters. The first-order chi connectivity index (χ1) is 17.1. The number of ether oxygens (including phenoxy) is 3. The van der Waals surface area contributed by atoms with Crippen molar-refractivity contribution in [3.8, 4) is 0 Å². The zero-order valence-electron chi connectivity index (χ0n) is 22.9. The molecule has 2 saturated carbocycles. The van der Waals surface area contributed by atoms with E-state index in [9.17, 15) is 24.3 Å². The fourth-order valence-corrected chi connectivity index (χ4v) is 7.39. The van der Waals surface area contributed by atoms with Crippen LogP contribution in [0.4, 0.5) is 0 Å². The molecule has 0 heterocycles. The number of hydrogen-bond donors (Lipinski definition) is 1. The van der Waals surface area contributed by atoms with E-state index in [0.29, 0.717) is 23.1 Å². The molecular weight excluding hydrogens is 476 g/mol. The van der Waals surface area contributed by atoms with Gasteiger partial charge in [-0.25, -0.2) is 4.79 Å². The van der Waals surface area contributed by atoms with Crippen LogP contribution >= 0.6 is 0 Å². The maximum Gasteiger partial charge on any atom is 0.334 e. The van der Waals surface area contributed by atoms with E-state index in [0.717, 1.165) is 0 Å². The van der Waals surface area contributed by atoms with Gasteiger partial charge in [0.15, 0.2) is 23.6 Å². The predicted molar refractivity (Wildman–Crippen MR) is 134 cm³/mol. The van der Waals surface area contributed by atoms with Crippen LogP contribution in [-0.2, 0) is 33.4 Å². The number of aliphatic hydroxyl groups is 1. The first-order valence-electron chi connectivity index (χ1n) is 13.0. The van der Waals surface area contributed by atoms with E-state index >= 15 is 0 Å². The summed E-state index contributed by atoms with van der Waals surface area (Å²) >= 11 is 0. The van der Waals surface area contributed by atoms with Crippen LogP contribution < -0.4 is 0 Å². The van der Waals surface area contributed by atoms with E-state index in [1.807, 2.05) is 6.92 Å². The number of carbonyl (C=O) groups is 4. The molecular formula is C29H38O8. The first kappa shape index (κ1) is 27.3. The molecule has 4 aliphatic carbocycles.